The predicted molar refractivity (Wildman–Crippen MR) is 255 cm³/mol. The van der Waals surface area contributed by atoms with Crippen molar-refractivity contribution in [2.45, 2.75) is 0 Å². The molecule has 0 radical (unpaired) electrons. The van der Waals surface area contributed by atoms with E-state index in [2.05, 4.69) is 193 Å². The number of hydrogen-bond acceptors (Lipinski definition) is 4. The smallest absolute Gasteiger partial charge is 0.180 e. The molecule has 0 saturated carbocycles. The van der Waals surface area contributed by atoms with Gasteiger partial charge in [-0.15, -0.1) is 0 Å². The van der Waals surface area contributed by atoms with Crippen molar-refractivity contribution < 1.29 is 8.83 Å². The maximum Gasteiger partial charge on any atom is 0.180 e. The molecule has 12 aromatic rings. The van der Waals surface area contributed by atoms with Crippen LogP contribution in [-0.4, -0.2) is 9.97 Å². The molecule has 4 nitrogen and oxygen atoms in total. The highest BCUT2D eigenvalue weighted by molar-refractivity contribution is 6.12. The van der Waals surface area contributed by atoms with Gasteiger partial charge in [-0.05, 0) is 122 Å². The summed E-state index contributed by atoms with van der Waals surface area (Å²) in [6.07, 6.45) is 1.62. The Kier molecular flexibility index (Phi) is 8.46. The van der Waals surface area contributed by atoms with Gasteiger partial charge in [-0.1, -0.05) is 152 Å². The van der Waals surface area contributed by atoms with Crippen LogP contribution < -0.4 is 0 Å². The van der Waals surface area contributed by atoms with Crippen LogP contribution in [0.1, 0.15) is 0 Å². The van der Waals surface area contributed by atoms with Crippen LogP contribution in [0.2, 0.25) is 0 Å². The number of furan rings is 2. The standard InChI is InChI=1S/C58H36N2O2/c1-3-13-37(14-4-1)39-17-9-19-41(29-39)45-27-28-54-51(33-45)52-35-48(44-22-10-18-40(30-44)38-15-5-2-6-16-38)34-50(57(52)61-54)46-23-11-20-42(31-46)43-21-12-24-47(32-43)55-58-56(60-36-59-55)49-25-7-8-26-53(49)62-58/h1-36H. The van der Waals surface area contributed by atoms with Crippen LogP contribution in [0.4, 0.5) is 0 Å². The average Bonchev–Trinajstić information content (AvgIpc) is 3.93. The van der Waals surface area contributed by atoms with Gasteiger partial charge < -0.3 is 8.83 Å². The second kappa shape index (κ2) is 14.7. The minimum atomic E-state index is 0.687. The summed E-state index contributed by atoms with van der Waals surface area (Å²) in [7, 11) is 0. The SMILES string of the molecule is c1ccc(-c2cccc(-c3ccc4oc5c(-c6cccc(-c7cccc(-c8ncnc9c8oc8ccccc89)c7)c6)cc(-c6cccc(-c7ccccc7)c6)cc5c4c3)c2)cc1. The van der Waals surface area contributed by atoms with E-state index in [1.165, 1.54) is 22.3 Å². The van der Waals surface area contributed by atoms with Crippen LogP contribution in [0.25, 0.3) is 122 Å². The molecule has 0 fully saturated rings. The third-order valence-electron chi connectivity index (χ3n) is 12.0. The first kappa shape index (κ1) is 35.6. The van der Waals surface area contributed by atoms with Gasteiger partial charge in [0.05, 0.1) is 0 Å². The largest absolute Gasteiger partial charge is 0.455 e. The van der Waals surface area contributed by atoms with Crippen molar-refractivity contribution in [2.75, 3.05) is 0 Å². The summed E-state index contributed by atoms with van der Waals surface area (Å²) >= 11 is 0. The van der Waals surface area contributed by atoms with Gasteiger partial charge in [-0.25, -0.2) is 9.97 Å². The molecule has 0 aliphatic rings. The molecule has 0 aliphatic heterocycles. The van der Waals surface area contributed by atoms with Gasteiger partial charge in [0.2, 0.25) is 0 Å². The molecule has 0 N–H and O–H groups in total. The lowest BCUT2D eigenvalue weighted by Crippen LogP contribution is -1.88. The van der Waals surface area contributed by atoms with Gasteiger partial charge in [0.1, 0.15) is 34.3 Å². The maximum absolute atomic E-state index is 6.87. The highest BCUT2D eigenvalue weighted by atomic mass is 16.3. The molecule has 9 aromatic carbocycles. The summed E-state index contributed by atoms with van der Waals surface area (Å²) < 4.78 is 13.2. The van der Waals surface area contributed by atoms with Crippen LogP contribution in [0.15, 0.2) is 227 Å². The van der Waals surface area contributed by atoms with Crippen LogP contribution in [-0.2, 0) is 0 Å². The first-order chi connectivity index (χ1) is 30.7. The Morgan fingerprint density at radius 1 is 0.274 bits per heavy atom. The fourth-order valence-electron chi connectivity index (χ4n) is 8.90. The van der Waals surface area contributed by atoms with Crippen molar-refractivity contribution in [2.24, 2.45) is 0 Å². The second-order valence-corrected chi connectivity index (χ2v) is 15.8. The topological polar surface area (TPSA) is 52.1 Å². The van der Waals surface area contributed by atoms with Crippen molar-refractivity contribution in [3.05, 3.63) is 219 Å². The molecular formula is C58H36N2O2. The van der Waals surface area contributed by atoms with Crippen LogP contribution in [0.3, 0.4) is 0 Å². The van der Waals surface area contributed by atoms with Gasteiger partial charge in [0, 0.05) is 27.3 Å². The molecule has 290 valence electrons. The Labute approximate surface area is 358 Å². The van der Waals surface area contributed by atoms with Crippen LogP contribution >= 0.6 is 0 Å². The van der Waals surface area contributed by atoms with Crippen molar-refractivity contribution in [3.8, 4) is 78.0 Å². The summed E-state index contributed by atoms with van der Waals surface area (Å²) in [6, 6.07) is 75.1. The Morgan fingerprint density at radius 2 is 0.742 bits per heavy atom. The van der Waals surface area contributed by atoms with E-state index in [0.29, 0.717) is 5.58 Å². The Hall–Kier alpha value is -8.34. The van der Waals surface area contributed by atoms with Crippen molar-refractivity contribution >= 4 is 44.0 Å². The summed E-state index contributed by atoms with van der Waals surface area (Å²) in [6.45, 7) is 0. The molecule has 0 amide bonds. The Bertz CT molecular complexity index is 3640. The lowest BCUT2D eigenvalue weighted by molar-refractivity contribution is 0.667. The fraction of sp³-hybridized carbons (Fsp3) is 0. The zero-order valence-corrected chi connectivity index (χ0v) is 33.5. The number of aromatic nitrogens is 2. The van der Waals surface area contributed by atoms with Crippen molar-refractivity contribution in [1.82, 2.24) is 9.97 Å². The highest BCUT2D eigenvalue weighted by Crippen LogP contribution is 2.43. The molecule has 0 spiro atoms. The number of fused-ring (bicyclic) bond motifs is 6. The number of nitrogens with zero attached hydrogens (tertiary/aromatic N) is 2. The van der Waals surface area contributed by atoms with Crippen LogP contribution in [0.5, 0.6) is 0 Å². The van der Waals surface area contributed by atoms with Crippen molar-refractivity contribution in [1.29, 1.82) is 0 Å². The normalized spacial score (nSPS) is 11.5. The van der Waals surface area contributed by atoms with Gasteiger partial charge in [-0.2, -0.15) is 0 Å². The number of hydrogen-bond donors (Lipinski definition) is 0. The van der Waals surface area contributed by atoms with Crippen LogP contribution in [0, 0.1) is 0 Å². The molecule has 0 atom stereocenters. The predicted octanol–water partition coefficient (Wildman–Crippen LogP) is 15.9. The van der Waals surface area contributed by atoms with Gasteiger partial charge >= 0.3 is 0 Å². The molecule has 62 heavy (non-hydrogen) atoms. The Morgan fingerprint density at radius 3 is 1.42 bits per heavy atom. The molecule has 0 aliphatic carbocycles. The van der Waals surface area contributed by atoms with E-state index >= 15 is 0 Å². The maximum atomic E-state index is 6.87. The number of rotatable bonds is 7. The molecule has 3 heterocycles. The van der Waals surface area contributed by atoms with E-state index in [1.54, 1.807) is 6.33 Å². The number of benzene rings is 9. The first-order valence-electron chi connectivity index (χ1n) is 20.9. The zero-order valence-electron chi connectivity index (χ0n) is 33.5. The van der Waals surface area contributed by atoms with Gasteiger partial charge in [0.15, 0.2) is 5.58 Å². The number of para-hydroxylation sites is 1. The lowest BCUT2D eigenvalue weighted by Gasteiger charge is -2.12. The monoisotopic (exact) mass is 792 g/mol. The first-order valence-corrected chi connectivity index (χ1v) is 20.9. The third-order valence-corrected chi connectivity index (χ3v) is 12.0. The minimum Gasteiger partial charge on any atom is -0.455 e. The summed E-state index contributed by atoms with van der Waals surface area (Å²) in [5.74, 6) is 0. The highest BCUT2D eigenvalue weighted by Gasteiger charge is 2.19. The average molecular weight is 793 g/mol. The van der Waals surface area contributed by atoms with E-state index in [4.69, 9.17) is 13.8 Å². The minimum absolute atomic E-state index is 0.687. The lowest BCUT2D eigenvalue weighted by atomic mass is 9.92. The molecule has 0 unspecified atom stereocenters. The molecule has 4 heteroatoms. The molecule has 0 bridgehead atoms. The van der Waals surface area contributed by atoms with E-state index in [1.807, 2.05) is 24.3 Å². The summed E-state index contributed by atoms with van der Waals surface area (Å²) in [5.41, 5.74) is 19.3. The molecular weight excluding hydrogens is 757 g/mol. The third kappa shape index (κ3) is 6.25. The van der Waals surface area contributed by atoms with Crippen molar-refractivity contribution in [3.63, 3.8) is 0 Å². The summed E-state index contributed by atoms with van der Waals surface area (Å²) in [4.78, 5) is 9.31. The van der Waals surface area contributed by atoms with E-state index in [-0.39, 0.29) is 0 Å². The van der Waals surface area contributed by atoms with Gasteiger partial charge in [-0.3, -0.25) is 0 Å². The Balaban J connectivity index is 1.01. The summed E-state index contributed by atoms with van der Waals surface area (Å²) in [5, 5.41) is 3.13. The van der Waals surface area contributed by atoms with E-state index in [0.717, 1.165) is 94.2 Å². The second-order valence-electron chi connectivity index (χ2n) is 15.8. The van der Waals surface area contributed by atoms with E-state index in [9.17, 15) is 0 Å². The molecule has 0 saturated heterocycles. The fourth-order valence-corrected chi connectivity index (χ4v) is 8.90. The zero-order chi connectivity index (χ0) is 41.0. The van der Waals surface area contributed by atoms with Gasteiger partial charge in [0.25, 0.3) is 0 Å². The molecule has 12 rings (SSSR count). The molecule has 3 aromatic heterocycles. The quantitative estimate of drug-likeness (QED) is 0.161. The van der Waals surface area contributed by atoms with E-state index < -0.39 is 0 Å².